The molecule has 1 heterocycles. The number of imide groups is 1. The number of nitrogens with zero attached hydrogens (tertiary/aromatic N) is 1. The first-order valence-electron chi connectivity index (χ1n) is 5.89. The summed E-state index contributed by atoms with van der Waals surface area (Å²) in [5, 5.41) is 8.84. The molecule has 17 heavy (non-hydrogen) atoms. The number of carboxylic acid groups (broad SMARTS) is 1. The molecular formula is C12H19NO4. The summed E-state index contributed by atoms with van der Waals surface area (Å²) in [6, 6.07) is -0.528. The average molecular weight is 241 g/mol. The molecule has 0 saturated carbocycles. The molecule has 1 N–H and O–H groups in total. The third-order valence-corrected chi connectivity index (χ3v) is 3.07. The molecule has 1 saturated heterocycles. The average Bonchev–Trinajstić information content (AvgIpc) is 2.13. The van der Waals surface area contributed by atoms with Crippen molar-refractivity contribution in [1.29, 1.82) is 0 Å². The first-order valence-corrected chi connectivity index (χ1v) is 5.89. The van der Waals surface area contributed by atoms with E-state index in [4.69, 9.17) is 5.11 Å². The lowest BCUT2D eigenvalue weighted by Crippen LogP contribution is -2.51. The van der Waals surface area contributed by atoms with E-state index in [0.29, 0.717) is 12.8 Å². The van der Waals surface area contributed by atoms with Crippen LogP contribution in [0.3, 0.4) is 0 Å². The summed E-state index contributed by atoms with van der Waals surface area (Å²) in [6.45, 7) is 5.51. The predicted octanol–water partition coefficient (Wildman–Crippen LogP) is 1.27. The van der Waals surface area contributed by atoms with E-state index in [-0.39, 0.29) is 30.1 Å². The van der Waals surface area contributed by atoms with Crippen LogP contribution in [0.4, 0.5) is 0 Å². The fourth-order valence-electron chi connectivity index (χ4n) is 2.18. The van der Waals surface area contributed by atoms with Crippen LogP contribution < -0.4 is 0 Å². The molecule has 96 valence electrons. The third-order valence-electron chi connectivity index (χ3n) is 3.07. The summed E-state index contributed by atoms with van der Waals surface area (Å²) in [5.41, 5.74) is 0. The van der Waals surface area contributed by atoms with E-state index in [1.165, 1.54) is 4.90 Å². The van der Waals surface area contributed by atoms with E-state index in [9.17, 15) is 14.4 Å². The highest BCUT2D eigenvalue weighted by atomic mass is 16.4. The van der Waals surface area contributed by atoms with Crippen molar-refractivity contribution in [1.82, 2.24) is 4.90 Å². The van der Waals surface area contributed by atoms with Gasteiger partial charge in [-0.15, -0.1) is 0 Å². The topological polar surface area (TPSA) is 74.7 Å². The maximum absolute atomic E-state index is 11.9. The smallest absolute Gasteiger partial charge is 0.305 e. The molecule has 1 atom stereocenters. The molecule has 0 spiro atoms. The van der Waals surface area contributed by atoms with Crippen LogP contribution in [0, 0.1) is 11.8 Å². The molecule has 0 aromatic carbocycles. The van der Waals surface area contributed by atoms with Crippen molar-refractivity contribution in [3.05, 3.63) is 0 Å². The Morgan fingerprint density at radius 1 is 1.35 bits per heavy atom. The number of carbonyl (C=O) groups excluding carboxylic acids is 2. The molecule has 0 aromatic heterocycles. The molecule has 1 aliphatic rings. The summed E-state index contributed by atoms with van der Waals surface area (Å²) >= 11 is 0. The van der Waals surface area contributed by atoms with Gasteiger partial charge in [0.1, 0.15) is 0 Å². The molecule has 5 nitrogen and oxygen atoms in total. The number of carboxylic acids is 1. The highest BCUT2D eigenvalue weighted by molar-refractivity contribution is 5.98. The summed E-state index contributed by atoms with van der Waals surface area (Å²) in [5.74, 6) is -1.46. The Morgan fingerprint density at radius 3 is 2.18 bits per heavy atom. The maximum atomic E-state index is 11.9. The quantitative estimate of drug-likeness (QED) is 0.752. The Kier molecular flexibility index (Phi) is 4.26. The number of carbonyl (C=O) groups is 3. The standard InChI is InChI=1S/C12H19NO4/c1-7(2)9(6-12(16)17)13-10(14)4-8(3)5-11(13)15/h7-9H,4-6H2,1-3H3,(H,16,17). The number of piperidine rings is 1. The van der Waals surface area contributed by atoms with Crippen molar-refractivity contribution in [2.75, 3.05) is 0 Å². The monoisotopic (exact) mass is 241 g/mol. The lowest BCUT2D eigenvalue weighted by Gasteiger charge is -2.36. The van der Waals surface area contributed by atoms with Crippen LogP contribution in [0.2, 0.25) is 0 Å². The molecule has 5 heteroatoms. The molecule has 1 aliphatic heterocycles. The highest BCUT2D eigenvalue weighted by Gasteiger charge is 2.37. The number of aliphatic carboxylic acids is 1. The van der Waals surface area contributed by atoms with Gasteiger partial charge < -0.3 is 5.11 Å². The second-order valence-corrected chi connectivity index (χ2v) is 5.08. The molecule has 0 bridgehead atoms. The molecule has 0 aromatic rings. The molecule has 1 fully saturated rings. The predicted molar refractivity (Wildman–Crippen MR) is 61.1 cm³/mol. The minimum absolute atomic E-state index is 0.0487. The van der Waals surface area contributed by atoms with Crippen LogP contribution >= 0.6 is 0 Å². The van der Waals surface area contributed by atoms with Crippen LogP contribution in [0.5, 0.6) is 0 Å². The van der Waals surface area contributed by atoms with Gasteiger partial charge in [0.2, 0.25) is 11.8 Å². The zero-order valence-electron chi connectivity index (χ0n) is 10.5. The Hall–Kier alpha value is -1.39. The van der Waals surface area contributed by atoms with Crippen molar-refractivity contribution in [3.8, 4) is 0 Å². The van der Waals surface area contributed by atoms with Gasteiger partial charge in [-0.3, -0.25) is 19.3 Å². The Bertz CT molecular complexity index is 319. The fourth-order valence-corrected chi connectivity index (χ4v) is 2.18. The molecule has 1 rings (SSSR count). The lowest BCUT2D eigenvalue weighted by molar-refractivity contribution is -0.155. The minimum atomic E-state index is -0.983. The summed E-state index contributed by atoms with van der Waals surface area (Å²) < 4.78 is 0. The first-order chi connectivity index (χ1) is 7.82. The second-order valence-electron chi connectivity index (χ2n) is 5.08. The van der Waals surface area contributed by atoms with Gasteiger partial charge in [0.25, 0.3) is 0 Å². The maximum Gasteiger partial charge on any atom is 0.305 e. The van der Waals surface area contributed by atoms with Crippen molar-refractivity contribution < 1.29 is 19.5 Å². The summed E-state index contributed by atoms with van der Waals surface area (Å²) in [7, 11) is 0. The van der Waals surface area contributed by atoms with Crippen LogP contribution in [0.25, 0.3) is 0 Å². The van der Waals surface area contributed by atoms with E-state index in [0.717, 1.165) is 0 Å². The van der Waals surface area contributed by atoms with Gasteiger partial charge in [-0.25, -0.2) is 0 Å². The van der Waals surface area contributed by atoms with Gasteiger partial charge in [0, 0.05) is 12.8 Å². The zero-order valence-corrected chi connectivity index (χ0v) is 10.5. The van der Waals surface area contributed by atoms with Gasteiger partial charge in [0.05, 0.1) is 12.5 Å². The van der Waals surface area contributed by atoms with Gasteiger partial charge in [-0.2, -0.15) is 0 Å². The van der Waals surface area contributed by atoms with Gasteiger partial charge in [-0.1, -0.05) is 20.8 Å². The van der Waals surface area contributed by atoms with E-state index in [1.807, 2.05) is 20.8 Å². The summed E-state index contributed by atoms with van der Waals surface area (Å²) in [6.07, 6.45) is 0.479. The van der Waals surface area contributed by atoms with Gasteiger partial charge >= 0.3 is 5.97 Å². The van der Waals surface area contributed by atoms with Crippen LogP contribution in [-0.4, -0.2) is 33.8 Å². The SMILES string of the molecule is CC1CC(=O)N(C(CC(=O)O)C(C)C)C(=O)C1. The Labute approximate surface area is 101 Å². The van der Waals surface area contributed by atoms with Crippen molar-refractivity contribution >= 4 is 17.8 Å². The first kappa shape index (κ1) is 13.7. The number of rotatable bonds is 4. The number of hydrogen-bond acceptors (Lipinski definition) is 3. The van der Waals surface area contributed by atoms with E-state index >= 15 is 0 Å². The van der Waals surface area contributed by atoms with Crippen LogP contribution in [-0.2, 0) is 14.4 Å². The molecular weight excluding hydrogens is 222 g/mol. The largest absolute Gasteiger partial charge is 0.481 e. The fraction of sp³-hybridized carbons (Fsp3) is 0.750. The molecule has 2 amide bonds. The third kappa shape index (κ3) is 3.28. The van der Waals surface area contributed by atoms with Crippen LogP contribution in [0.15, 0.2) is 0 Å². The highest BCUT2D eigenvalue weighted by Crippen LogP contribution is 2.25. The number of hydrogen-bond donors (Lipinski definition) is 1. The molecule has 0 aliphatic carbocycles. The number of likely N-dealkylation sites (tertiary alicyclic amines) is 1. The summed E-state index contributed by atoms with van der Waals surface area (Å²) in [4.78, 5) is 35.7. The van der Waals surface area contributed by atoms with Crippen molar-refractivity contribution in [2.24, 2.45) is 11.8 Å². The Balaban J connectivity index is 2.89. The van der Waals surface area contributed by atoms with Crippen molar-refractivity contribution in [2.45, 2.75) is 46.1 Å². The van der Waals surface area contributed by atoms with Crippen LogP contribution in [0.1, 0.15) is 40.0 Å². The lowest BCUT2D eigenvalue weighted by atomic mass is 9.92. The second kappa shape index (κ2) is 5.29. The van der Waals surface area contributed by atoms with E-state index < -0.39 is 12.0 Å². The zero-order chi connectivity index (χ0) is 13.2. The minimum Gasteiger partial charge on any atom is -0.481 e. The van der Waals surface area contributed by atoms with Gasteiger partial charge in [-0.05, 0) is 11.8 Å². The van der Waals surface area contributed by atoms with E-state index in [2.05, 4.69) is 0 Å². The molecule has 0 radical (unpaired) electrons. The molecule has 1 unspecified atom stereocenters. The van der Waals surface area contributed by atoms with Gasteiger partial charge in [0.15, 0.2) is 0 Å². The van der Waals surface area contributed by atoms with E-state index in [1.54, 1.807) is 0 Å². The van der Waals surface area contributed by atoms with Crippen molar-refractivity contribution in [3.63, 3.8) is 0 Å². The number of amides is 2. The normalized spacial score (nSPS) is 19.9. The Morgan fingerprint density at radius 2 is 1.82 bits per heavy atom.